The first-order chi connectivity index (χ1) is 15.3. The summed E-state index contributed by atoms with van der Waals surface area (Å²) in [6.07, 6.45) is 1.61. The number of urea groups is 1. The Morgan fingerprint density at radius 3 is 2.22 bits per heavy atom. The second kappa shape index (κ2) is 12.1. The normalized spacial score (nSPS) is 12.6. The van der Waals surface area contributed by atoms with Crippen LogP contribution in [0.5, 0.6) is 0 Å². The van der Waals surface area contributed by atoms with E-state index in [9.17, 15) is 9.59 Å². The molecule has 0 fully saturated rings. The number of amides is 3. The van der Waals surface area contributed by atoms with Gasteiger partial charge in [0.05, 0.1) is 5.92 Å². The fourth-order valence-electron chi connectivity index (χ4n) is 3.86. The first-order valence-corrected chi connectivity index (χ1v) is 11.5. The smallest absolute Gasteiger partial charge is 0.319 e. The van der Waals surface area contributed by atoms with Crippen molar-refractivity contribution >= 4 is 23.3 Å². The summed E-state index contributed by atoms with van der Waals surface area (Å²) < 4.78 is 0. The van der Waals surface area contributed by atoms with Gasteiger partial charge in [-0.05, 0) is 56.0 Å². The second-order valence-electron chi connectivity index (χ2n) is 8.32. The Morgan fingerprint density at radius 2 is 1.66 bits per heavy atom. The molecule has 6 nitrogen and oxygen atoms in total. The van der Waals surface area contributed by atoms with E-state index in [0.717, 1.165) is 29.7 Å². The van der Waals surface area contributed by atoms with Gasteiger partial charge < -0.3 is 20.4 Å². The summed E-state index contributed by atoms with van der Waals surface area (Å²) in [4.78, 5) is 29.8. The molecule has 0 aliphatic rings. The SMILES string of the molecule is CCNC(=O)Nc1ccc(N(C)C)c(CN(C(=O)[C@@H](CC)c2ccccc2)[C@@H](C)CC)c1. The molecule has 0 radical (unpaired) electrons. The first kappa shape index (κ1) is 25.2. The highest BCUT2D eigenvalue weighted by Gasteiger charge is 2.28. The van der Waals surface area contributed by atoms with E-state index in [1.807, 2.05) is 79.3 Å². The highest BCUT2D eigenvalue weighted by Crippen LogP contribution is 2.29. The van der Waals surface area contributed by atoms with Crippen LogP contribution < -0.4 is 15.5 Å². The number of rotatable bonds is 10. The van der Waals surface area contributed by atoms with E-state index in [1.165, 1.54) is 0 Å². The van der Waals surface area contributed by atoms with Crippen molar-refractivity contribution in [3.63, 3.8) is 0 Å². The van der Waals surface area contributed by atoms with Crippen LogP contribution in [0.25, 0.3) is 0 Å². The number of nitrogens with zero attached hydrogens (tertiary/aromatic N) is 2. The summed E-state index contributed by atoms with van der Waals surface area (Å²) in [6.45, 7) is 9.19. The van der Waals surface area contributed by atoms with Crippen LogP contribution >= 0.6 is 0 Å². The van der Waals surface area contributed by atoms with Gasteiger partial charge in [0.2, 0.25) is 5.91 Å². The predicted octanol–water partition coefficient (Wildman–Crippen LogP) is 5.21. The maximum atomic E-state index is 13.7. The van der Waals surface area contributed by atoms with Crippen molar-refractivity contribution in [1.29, 1.82) is 0 Å². The molecule has 0 bridgehead atoms. The minimum Gasteiger partial charge on any atom is -0.377 e. The molecule has 0 spiro atoms. The molecule has 0 saturated heterocycles. The predicted molar refractivity (Wildman–Crippen MR) is 133 cm³/mol. The zero-order valence-corrected chi connectivity index (χ0v) is 20.3. The van der Waals surface area contributed by atoms with Gasteiger partial charge >= 0.3 is 6.03 Å². The lowest BCUT2D eigenvalue weighted by Crippen LogP contribution is -2.41. The van der Waals surface area contributed by atoms with Gasteiger partial charge in [0.15, 0.2) is 0 Å². The fraction of sp³-hybridized carbons (Fsp3) is 0.462. The Balaban J connectivity index is 2.40. The molecular weight excluding hydrogens is 400 g/mol. The van der Waals surface area contributed by atoms with Crippen molar-refractivity contribution in [2.24, 2.45) is 0 Å². The molecule has 2 N–H and O–H groups in total. The average molecular weight is 439 g/mol. The molecule has 2 aromatic rings. The lowest BCUT2D eigenvalue weighted by molar-refractivity contribution is -0.135. The number of nitrogens with one attached hydrogen (secondary N) is 2. The number of carbonyl (C=O) groups excluding carboxylic acids is 2. The zero-order valence-electron chi connectivity index (χ0n) is 20.3. The lowest BCUT2D eigenvalue weighted by atomic mass is 9.94. The van der Waals surface area contributed by atoms with E-state index in [1.54, 1.807) is 0 Å². The van der Waals surface area contributed by atoms with E-state index in [0.29, 0.717) is 18.8 Å². The van der Waals surface area contributed by atoms with E-state index in [-0.39, 0.29) is 23.9 Å². The molecule has 0 aromatic heterocycles. The third kappa shape index (κ3) is 6.49. The maximum absolute atomic E-state index is 13.7. The van der Waals surface area contributed by atoms with Gasteiger partial charge in [0.1, 0.15) is 0 Å². The number of benzene rings is 2. The summed E-state index contributed by atoms with van der Waals surface area (Å²) in [5.41, 5.74) is 3.79. The summed E-state index contributed by atoms with van der Waals surface area (Å²) in [5.74, 6) is -0.0375. The van der Waals surface area contributed by atoms with E-state index < -0.39 is 0 Å². The summed E-state index contributed by atoms with van der Waals surface area (Å²) in [7, 11) is 3.98. The number of hydrogen-bond donors (Lipinski definition) is 2. The third-order valence-corrected chi connectivity index (χ3v) is 5.81. The van der Waals surface area contributed by atoms with Crippen LogP contribution in [0.1, 0.15) is 57.6 Å². The Labute approximate surface area is 193 Å². The van der Waals surface area contributed by atoms with E-state index in [4.69, 9.17) is 0 Å². The molecule has 0 aliphatic heterocycles. The second-order valence-corrected chi connectivity index (χ2v) is 8.32. The van der Waals surface area contributed by atoms with Crippen molar-refractivity contribution in [3.8, 4) is 0 Å². The van der Waals surface area contributed by atoms with Gasteiger partial charge in [-0.1, -0.05) is 44.2 Å². The fourth-order valence-corrected chi connectivity index (χ4v) is 3.86. The van der Waals surface area contributed by atoms with E-state index >= 15 is 0 Å². The molecule has 0 saturated carbocycles. The van der Waals surface area contributed by atoms with E-state index in [2.05, 4.69) is 31.4 Å². The van der Waals surface area contributed by atoms with Gasteiger partial charge in [-0.2, -0.15) is 0 Å². The number of hydrogen-bond acceptors (Lipinski definition) is 3. The minimum absolute atomic E-state index is 0.0929. The van der Waals surface area contributed by atoms with Gasteiger partial charge in [0, 0.05) is 44.6 Å². The van der Waals surface area contributed by atoms with Gasteiger partial charge in [-0.25, -0.2) is 4.79 Å². The Kier molecular flexibility index (Phi) is 9.57. The molecule has 32 heavy (non-hydrogen) atoms. The zero-order chi connectivity index (χ0) is 23.7. The van der Waals surface area contributed by atoms with Crippen LogP contribution in [-0.4, -0.2) is 43.5 Å². The highest BCUT2D eigenvalue weighted by atomic mass is 16.2. The molecule has 2 atom stereocenters. The van der Waals surface area contributed by atoms with Crippen molar-refractivity contribution in [3.05, 3.63) is 59.7 Å². The Hall–Kier alpha value is -3.02. The first-order valence-electron chi connectivity index (χ1n) is 11.5. The largest absolute Gasteiger partial charge is 0.377 e. The van der Waals surface area contributed by atoms with Crippen molar-refractivity contribution in [2.45, 2.75) is 59.0 Å². The summed E-state index contributed by atoms with van der Waals surface area (Å²) in [6, 6.07) is 15.7. The molecule has 174 valence electrons. The standard InChI is InChI=1S/C26H38N4O2/c1-7-19(4)30(25(31)23(8-2)20-13-11-10-12-14-20)18-21-17-22(28-26(32)27-9-3)15-16-24(21)29(5)6/h10-17,19,23H,7-9,18H2,1-6H3,(H2,27,28,32)/t19-,23-/m0/s1. The molecule has 2 rings (SSSR count). The Morgan fingerprint density at radius 1 is 0.969 bits per heavy atom. The van der Waals surface area contributed by atoms with Crippen molar-refractivity contribution in [1.82, 2.24) is 10.2 Å². The Bertz CT molecular complexity index is 883. The van der Waals surface area contributed by atoms with Crippen LogP contribution in [0.2, 0.25) is 0 Å². The third-order valence-electron chi connectivity index (χ3n) is 5.81. The summed E-state index contributed by atoms with van der Waals surface area (Å²) >= 11 is 0. The molecule has 0 unspecified atom stereocenters. The molecule has 2 aromatic carbocycles. The molecule has 0 heterocycles. The van der Waals surface area contributed by atoms with Crippen LogP contribution in [0, 0.1) is 0 Å². The van der Waals surface area contributed by atoms with Crippen LogP contribution in [0.4, 0.5) is 16.2 Å². The topological polar surface area (TPSA) is 64.7 Å². The van der Waals surface area contributed by atoms with Crippen LogP contribution in [0.15, 0.2) is 48.5 Å². The molecule has 3 amide bonds. The quantitative estimate of drug-likeness (QED) is 0.535. The van der Waals surface area contributed by atoms with Gasteiger partial charge in [-0.15, -0.1) is 0 Å². The monoisotopic (exact) mass is 438 g/mol. The highest BCUT2D eigenvalue weighted by molar-refractivity contribution is 5.90. The average Bonchev–Trinajstić information content (AvgIpc) is 2.78. The van der Waals surface area contributed by atoms with Crippen LogP contribution in [-0.2, 0) is 11.3 Å². The number of anilines is 2. The molecule has 0 aliphatic carbocycles. The minimum atomic E-state index is -0.235. The summed E-state index contributed by atoms with van der Waals surface area (Å²) in [5, 5.41) is 5.64. The van der Waals surface area contributed by atoms with Gasteiger partial charge in [0.25, 0.3) is 0 Å². The van der Waals surface area contributed by atoms with Crippen LogP contribution in [0.3, 0.4) is 0 Å². The van der Waals surface area contributed by atoms with Gasteiger partial charge in [-0.3, -0.25) is 4.79 Å². The number of carbonyl (C=O) groups is 2. The maximum Gasteiger partial charge on any atom is 0.319 e. The van der Waals surface area contributed by atoms with Crippen molar-refractivity contribution < 1.29 is 9.59 Å². The van der Waals surface area contributed by atoms with Crippen molar-refractivity contribution in [2.75, 3.05) is 30.9 Å². The molecule has 6 heteroatoms. The lowest BCUT2D eigenvalue weighted by Gasteiger charge is -2.33. The molecular formula is C26H38N4O2.